The fraction of sp³-hybridized carbons (Fsp3) is 0.125. The van der Waals surface area contributed by atoms with E-state index in [-0.39, 0.29) is 5.91 Å². The molecule has 0 atom stereocenters. The molecular formula is C16H17N3O2. The number of carbonyl (C=O) groups excluding carboxylic acids is 1. The summed E-state index contributed by atoms with van der Waals surface area (Å²) < 4.78 is 5.07. The van der Waals surface area contributed by atoms with Gasteiger partial charge in [0.2, 0.25) is 0 Å². The summed E-state index contributed by atoms with van der Waals surface area (Å²) in [4.78, 5) is 12.0. The van der Waals surface area contributed by atoms with Gasteiger partial charge in [-0.05, 0) is 42.0 Å². The van der Waals surface area contributed by atoms with Crippen molar-refractivity contribution in [3.8, 4) is 5.75 Å². The molecule has 2 N–H and O–H groups in total. The number of hydrazone groups is 1. The first-order chi connectivity index (χ1) is 10.2. The van der Waals surface area contributed by atoms with Crippen molar-refractivity contribution < 1.29 is 9.53 Å². The Bertz CT molecular complexity index is 636. The second-order valence-corrected chi connectivity index (χ2v) is 4.27. The minimum atomic E-state index is -0.260. The molecule has 1 amide bonds. The lowest BCUT2D eigenvalue weighted by Crippen LogP contribution is -2.18. The van der Waals surface area contributed by atoms with Crippen molar-refractivity contribution in [1.82, 2.24) is 5.43 Å². The molecule has 0 aliphatic carbocycles. The molecule has 0 saturated carbocycles. The molecule has 0 spiro atoms. The molecule has 0 aromatic heterocycles. The zero-order valence-electron chi connectivity index (χ0n) is 12.0. The van der Waals surface area contributed by atoms with Crippen molar-refractivity contribution in [2.75, 3.05) is 19.5 Å². The summed E-state index contributed by atoms with van der Waals surface area (Å²) >= 11 is 0. The maximum Gasteiger partial charge on any atom is 0.273 e. The van der Waals surface area contributed by atoms with Crippen LogP contribution in [0.2, 0.25) is 0 Å². The van der Waals surface area contributed by atoms with Crippen LogP contribution in [0.5, 0.6) is 5.75 Å². The van der Waals surface area contributed by atoms with E-state index in [1.807, 2.05) is 42.5 Å². The fourth-order valence-electron chi connectivity index (χ4n) is 1.81. The Morgan fingerprint density at radius 1 is 1.14 bits per heavy atom. The topological polar surface area (TPSA) is 62.7 Å². The number of nitrogens with one attached hydrogen (secondary N) is 2. The van der Waals surface area contributed by atoms with Gasteiger partial charge in [-0.25, -0.2) is 5.43 Å². The molecule has 2 rings (SSSR count). The number of hydrogen-bond acceptors (Lipinski definition) is 4. The lowest BCUT2D eigenvalue weighted by Gasteiger charge is -2.06. The van der Waals surface area contributed by atoms with Gasteiger partial charge in [-0.15, -0.1) is 0 Å². The van der Waals surface area contributed by atoms with Crippen molar-refractivity contribution in [2.45, 2.75) is 0 Å². The number of rotatable bonds is 5. The lowest BCUT2D eigenvalue weighted by atomic mass is 10.1. The largest absolute Gasteiger partial charge is 0.497 e. The summed E-state index contributed by atoms with van der Waals surface area (Å²) in [5.41, 5.74) is 4.69. The Morgan fingerprint density at radius 2 is 1.86 bits per heavy atom. The smallest absolute Gasteiger partial charge is 0.273 e. The van der Waals surface area contributed by atoms with Crippen molar-refractivity contribution in [1.29, 1.82) is 0 Å². The molecule has 0 unspecified atom stereocenters. The summed E-state index contributed by atoms with van der Waals surface area (Å²) in [5.74, 6) is 0.517. The van der Waals surface area contributed by atoms with Gasteiger partial charge >= 0.3 is 0 Å². The van der Waals surface area contributed by atoms with E-state index in [1.54, 1.807) is 26.4 Å². The number of carbonyl (C=O) groups is 1. The lowest BCUT2D eigenvalue weighted by molar-refractivity contribution is 0.0956. The normalized spacial score (nSPS) is 10.4. The highest BCUT2D eigenvalue weighted by Gasteiger charge is 2.08. The zero-order valence-corrected chi connectivity index (χ0v) is 12.0. The van der Waals surface area contributed by atoms with E-state index in [0.717, 1.165) is 17.0 Å². The quantitative estimate of drug-likeness (QED) is 0.654. The summed E-state index contributed by atoms with van der Waals surface area (Å²) in [6.45, 7) is 0. The molecule has 0 fully saturated rings. The van der Waals surface area contributed by atoms with Crippen LogP contribution in [0.25, 0.3) is 0 Å². The molecule has 21 heavy (non-hydrogen) atoms. The number of benzene rings is 2. The average Bonchev–Trinajstić information content (AvgIpc) is 2.55. The van der Waals surface area contributed by atoms with Crippen LogP contribution < -0.4 is 15.5 Å². The summed E-state index contributed by atoms with van der Waals surface area (Å²) in [6.07, 6.45) is 1.58. The van der Waals surface area contributed by atoms with E-state index in [2.05, 4.69) is 15.8 Å². The van der Waals surface area contributed by atoms with Crippen molar-refractivity contribution >= 4 is 17.8 Å². The van der Waals surface area contributed by atoms with Gasteiger partial charge in [-0.1, -0.05) is 12.1 Å². The Hall–Kier alpha value is -2.82. The highest BCUT2D eigenvalue weighted by Crippen LogP contribution is 2.13. The van der Waals surface area contributed by atoms with E-state index in [0.29, 0.717) is 5.56 Å². The molecule has 0 heterocycles. The summed E-state index contributed by atoms with van der Waals surface area (Å²) in [6, 6.07) is 14.6. The van der Waals surface area contributed by atoms with Gasteiger partial charge in [0.1, 0.15) is 5.75 Å². The predicted octanol–water partition coefficient (Wildman–Crippen LogP) is 2.50. The van der Waals surface area contributed by atoms with Crippen molar-refractivity contribution in [3.05, 3.63) is 59.7 Å². The van der Waals surface area contributed by atoms with Crippen LogP contribution in [-0.2, 0) is 0 Å². The molecule has 5 nitrogen and oxygen atoms in total. The molecule has 0 bridgehead atoms. The van der Waals surface area contributed by atoms with Crippen LogP contribution in [0, 0.1) is 0 Å². The SMILES string of the molecule is CNc1ccccc1C(=O)N/N=C/c1ccc(OC)cc1. The number of methoxy groups -OCH3 is 1. The molecule has 108 valence electrons. The number of hydrogen-bond donors (Lipinski definition) is 2. The third kappa shape index (κ3) is 3.82. The average molecular weight is 283 g/mol. The van der Waals surface area contributed by atoms with Crippen LogP contribution in [0.4, 0.5) is 5.69 Å². The van der Waals surface area contributed by atoms with E-state index in [4.69, 9.17) is 4.74 Å². The Kier molecular flexibility index (Phi) is 4.93. The van der Waals surface area contributed by atoms with Gasteiger partial charge in [-0.2, -0.15) is 5.10 Å². The highest BCUT2D eigenvalue weighted by molar-refractivity contribution is 5.99. The van der Waals surface area contributed by atoms with Crippen LogP contribution in [-0.4, -0.2) is 26.3 Å². The Labute approximate surface area is 123 Å². The zero-order chi connectivity index (χ0) is 15.1. The van der Waals surface area contributed by atoms with E-state index in [1.165, 1.54) is 0 Å². The Balaban J connectivity index is 2.01. The standard InChI is InChI=1S/C16H17N3O2/c1-17-15-6-4-3-5-14(15)16(20)19-18-11-12-7-9-13(21-2)10-8-12/h3-11,17H,1-2H3,(H,19,20)/b18-11+. The second-order valence-electron chi connectivity index (χ2n) is 4.27. The summed E-state index contributed by atoms with van der Waals surface area (Å²) in [7, 11) is 3.38. The molecule has 5 heteroatoms. The molecule has 2 aromatic carbocycles. The van der Waals surface area contributed by atoms with Crippen molar-refractivity contribution in [2.24, 2.45) is 5.10 Å². The first-order valence-corrected chi connectivity index (χ1v) is 6.49. The van der Waals surface area contributed by atoms with Crippen LogP contribution in [0.3, 0.4) is 0 Å². The number of nitrogens with zero attached hydrogens (tertiary/aromatic N) is 1. The van der Waals surface area contributed by atoms with Gasteiger partial charge in [0, 0.05) is 12.7 Å². The van der Waals surface area contributed by atoms with E-state index >= 15 is 0 Å². The number of ether oxygens (including phenoxy) is 1. The van der Waals surface area contributed by atoms with Crippen LogP contribution in [0.1, 0.15) is 15.9 Å². The number of amides is 1. The Morgan fingerprint density at radius 3 is 2.52 bits per heavy atom. The molecule has 0 aliphatic rings. The molecule has 2 aromatic rings. The maximum absolute atomic E-state index is 12.0. The molecule has 0 saturated heterocycles. The molecule has 0 aliphatic heterocycles. The highest BCUT2D eigenvalue weighted by atomic mass is 16.5. The summed E-state index contributed by atoms with van der Waals surface area (Å²) in [5, 5.41) is 6.93. The minimum Gasteiger partial charge on any atom is -0.497 e. The second kappa shape index (κ2) is 7.09. The maximum atomic E-state index is 12.0. The number of para-hydroxylation sites is 1. The monoisotopic (exact) mass is 283 g/mol. The first kappa shape index (κ1) is 14.6. The minimum absolute atomic E-state index is 0.260. The molecule has 0 radical (unpaired) electrons. The first-order valence-electron chi connectivity index (χ1n) is 6.49. The van der Waals surface area contributed by atoms with Gasteiger partial charge in [0.15, 0.2) is 0 Å². The third-order valence-corrected chi connectivity index (χ3v) is 2.94. The fourth-order valence-corrected chi connectivity index (χ4v) is 1.81. The van der Waals surface area contributed by atoms with E-state index < -0.39 is 0 Å². The van der Waals surface area contributed by atoms with Gasteiger partial charge in [0.05, 0.1) is 18.9 Å². The van der Waals surface area contributed by atoms with Gasteiger partial charge in [-0.3, -0.25) is 4.79 Å². The van der Waals surface area contributed by atoms with Crippen molar-refractivity contribution in [3.63, 3.8) is 0 Å². The van der Waals surface area contributed by atoms with Crippen LogP contribution in [0.15, 0.2) is 53.6 Å². The third-order valence-electron chi connectivity index (χ3n) is 2.94. The number of anilines is 1. The van der Waals surface area contributed by atoms with Gasteiger partial charge < -0.3 is 10.1 Å². The van der Waals surface area contributed by atoms with Crippen LogP contribution >= 0.6 is 0 Å². The van der Waals surface area contributed by atoms with Gasteiger partial charge in [0.25, 0.3) is 5.91 Å². The van der Waals surface area contributed by atoms with E-state index in [9.17, 15) is 4.79 Å². The predicted molar refractivity (Wildman–Crippen MR) is 84.0 cm³/mol. The molecular weight excluding hydrogens is 266 g/mol.